The molecule has 0 unspecified atom stereocenters. The molecular weight excluding hydrogens is 799 g/mol. The predicted octanol–water partition coefficient (Wildman–Crippen LogP) is 12.5. The molecule has 8 heteroatoms. The molecule has 0 aliphatic rings. The molecule has 3 aromatic heterocycles. The summed E-state index contributed by atoms with van der Waals surface area (Å²) in [4.78, 5) is 4.71. The molecule has 0 aliphatic carbocycles. The summed E-state index contributed by atoms with van der Waals surface area (Å²) in [5.41, 5.74) is 9.34. The van der Waals surface area contributed by atoms with Crippen molar-refractivity contribution in [3.8, 4) is 57.1 Å². The zero-order chi connectivity index (χ0) is 38.3. The van der Waals surface area contributed by atoms with Crippen molar-refractivity contribution in [1.29, 1.82) is 0 Å². The van der Waals surface area contributed by atoms with Crippen molar-refractivity contribution in [1.82, 2.24) is 19.3 Å². The smallest absolute Gasteiger partial charge is 0.509 e. The normalized spacial score (nSPS) is 11.1. The van der Waals surface area contributed by atoms with Crippen molar-refractivity contribution >= 4 is 21.8 Å². The van der Waals surface area contributed by atoms with Crippen LogP contribution in [-0.2, 0) is 20.4 Å². The molecule has 9 rings (SSSR count). The van der Waals surface area contributed by atoms with Crippen LogP contribution in [0.2, 0.25) is 0 Å². The van der Waals surface area contributed by atoms with Crippen LogP contribution in [0.1, 0.15) is 28.1 Å². The number of hydrogen-bond acceptors (Lipinski definition) is 5. The Morgan fingerprint density at radius 1 is 0.596 bits per heavy atom. The second-order valence-corrected chi connectivity index (χ2v) is 13.9. The van der Waals surface area contributed by atoms with Crippen LogP contribution in [0.3, 0.4) is 0 Å². The Hall–Kier alpha value is -6.46. The Bertz CT molecular complexity index is 2900. The van der Waals surface area contributed by atoms with Gasteiger partial charge in [0.2, 0.25) is 0 Å². The minimum atomic E-state index is 0. The Kier molecular flexibility index (Phi) is 10.2. The third-order valence-corrected chi connectivity index (χ3v) is 10.1. The molecule has 9 aromatic rings. The molecule has 282 valence electrons. The number of rotatable bonds is 9. The topological polar surface area (TPSA) is 63.3 Å². The minimum Gasteiger partial charge on any atom is -0.509 e. The van der Waals surface area contributed by atoms with E-state index in [2.05, 4.69) is 80.8 Å². The second-order valence-electron chi connectivity index (χ2n) is 13.9. The van der Waals surface area contributed by atoms with Crippen molar-refractivity contribution in [2.24, 2.45) is 0 Å². The average molecular weight is 837 g/mol. The molecule has 0 amide bonds. The van der Waals surface area contributed by atoms with E-state index in [4.69, 9.17) is 24.3 Å². The number of aryl methyl sites for hydroxylation is 3. The zero-order valence-electron chi connectivity index (χ0n) is 32.1. The molecule has 0 bridgehead atoms. The largest absolute Gasteiger partial charge is 2.00 e. The first-order valence-electron chi connectivity index (χ1n) is 18.6. The number of hydrogen-bond donors (Lipinski definition) is 0. The Morgan fingerprint density at radius 2 is 1.30 bits per heavy atom. The quantitative estimate of drug-likeness (QED) is 0.107. The maximum absolute atomic E-state index is 6.70. The van der Waals surface area contributed by atoms with Crippen molar-refractivity contribution in [3.63, 3.8) is 0 Å². The van der Waals surface area contributed by atoms with E-state index in [1.54, 1.807) is 0 Å². The van der Waals surface area contributed by atoms with Crippen molar-refractivity contribution < 1.29 is 34.6 Å². The summed E-state index contributed by atoms with van der Waals surface area (Å²) in [5, 5.41) is 7.27. The summed E-state index contributed by atoms with van der Waals surface area (Å²) >= 11 is 0. The van der Waals surface area contributed by atoms with E-state index in [0.717, 1.165) is 89.8 Å². The molecule has 0 radical (unpaired) electrons. The fraction of sp³-hybridized carbons (Fsp3) is 0.102. The molecule has 7 nitrogen and oxygen atoms in total. The van der Waals surface area contributed by atoms with Gasteiger partial charge >= 0.3 is 20.4 Å². The number of benzene rings is 6. The van der Waals surface area contributed by atoms with Gasteiger partial charge in [-0.25, -0.2) is 4.98 Å². The SMILES string of the molecule is Cc1ccnc(-n2c3[c-]c(Oc4[c-]c(-n5nc(C)c(-c6c(Oc7ccccc7)cc(C)c(C)c6Oc6ccccc6)c5C)ccc4)ccc3c3ccccc32)c1.[Pd+2]. The molecular formula is C49H38N4O3Pd. The fourth-order valence-corrected chi connectivity index (χ4v) is 7.31. The molecule has 0 N–H and O–H groups in total. The molecule has 0 spiro atoms. The number of para-hydroxylation sites is 3. The van der Waals surface area contributed by atoms with E-state index in [-0.39, 0.29) is 20.4 Å². The van der Waals surface area contributed by atoms with Gasteiger partial charge in [0, 0.05) is 34.5 Å². The minimum absolute atomic E-state index is 0. The number of pyridine rings is 1. The van der Waals surface area contributed by atoms with Crippen LogP contribution >= 0.6 is 0 Å². The van der Waals surface area contributed by atoms with E-state index in [1.807, 2.05) is 115 Å². The summed E-state index contributed by atoms with van der Waals surface area (Å²) < 4.78 is 23.9. The summed E-state index contributed by atoms with van der Waals surface area (Å²) in [6.45, 7) is 10.3. The van der Waals surface area contributed by atoms with Crippen LogP contribution in [-0.4, -0.2) is 19.3 Å². The summed E-state index contributed by atoms with van der Waals surface area (Å²) in [6, 6.07) is 51.0. The van der Waals surface area contributed by atoms with Gasteiger partial charge in [0.15, 0.2) is 0 Å². The maximum atomic E-state index is 6.70. The third kappa shape index (κ3) is 7.10. The van der Waals surface area contributed by atoms with Gasteiger partial charge < -0.3 is 18.8 Å². The number of fused-ring (bicyclic) bond motifs is 3. The van der Waals surface area contributed by atoms with Gasteiger partial charge in [-0.05, 0) is 111 Å². The van der Waals surface area contributed by atoms with Crippen molar-refractivity contribution in [2.75, 3.05) is 0 Å². The first-order chi connectivity index (χ1) is 27.3. The van der Waals surface area contributed by atoms with Crippen LogP contribution in [0.4, 0.5) is 0 Å². The predicted molar refractivity (Wildman–Crippen MR) is 222 cm³/mol. The van der Waals surface area contributed by atoms with Gasteiger partial charge in [-0.1, -0.05) is 60.1 Å². The molecule has 0 aliphatic heterocycles. The third-order valence-electron chi connectivity index (χ3n) is 10.1. The number of aromatic nitrogens is 4. The van der Waals surface area contributed by atoms with E-state index in [0.29, 0.717) is 17.2 Å². The molecule has 0 saturated carbocycles. The first kappa shape index (κ1) is 37.5. The Labute approximate surface area is 345 Å². The van der Waals surface area contributed by atoms with Gasteiger partial charge in [-0.3, -0.25) is 4.68 Å². The van der Waals surface area contributed by atoms with E-state index >= 15 is 0 Å². The Morgan fingerprint density at radius 3 is 2.05 bits per heavy atom. The van der Waals surface area contributed by atoms with Gasteiger partial charge in [0.25, 0.3) is 0 Å². The van der Waals surface area contributed by atoms with Crippen LogP contribution < -0.4 is 14.2 Å². The second kappa shape index (κ2) is 15.6. The molecule has 6 aromatic carbocycles. The summed E-state index contributed by atoms with van der Waals surface area (Å²) in [5.74, 6) is 4.80. The summed E-state index contributed by atoms with van der Waals surface area (Å²) in [6.07, 6.45) is 1.84. The molecule has 0 saturated heterocycles. The van der Waals surface area contributed by atoms with Crippen LogP contribution in [0, 0.1) is 46.8 Å². The fourth-order valence-electron chi connectivity index (χ4n) is 7.31. The van der Waals surface area contributed by atoms with Crippen molar-refractivity contribution in [2.45, 2.75) is 34.6 Å². The monoisotopic (exact) mass is 836 g/mol. The van der Waals surface area contributed by atoms with Gasteiger partial charge in [-0.15, -0.1) is 35.7 Å². The average Bonchev–Trinajstić information content (AvgIpc) is 3.70. The maximum Gasteiger partial charge on any atom is 2.00 e. The summed E-state index contributed by atoms with van der Waals surface area (Å²) in [7, 11) is 0. The van der Waals surface area contributed by atoms with E-state index < -0.39 is 0 Å². The van der Waals surface area contributed by atoms with Crippen molar-refractivity contribution in [3.05, 3.63) is 180 Å². The molecule has 57 heavy (non-hydrogen) atoms. The first-order valence-corrected chi connectivity index (χ1v) is 18.6. The standard InChI is InChI=1S/C49H38N4O3.Pd/c1-31-25-26-50-46(27-31)52-43-22-13-12-21-41(43)42-24-23-40(30-44(42)52)54-39-20-14-15-36(29-39)53-35(5)47(34(4)51-53)48-45(55-37-16-8-6-9-17-37)28-32(2)33(3)49(48)56-38-18-10-7-11-19-38;/h6-28H,1-5H3;/q-2;+2. The Balaban J connectivity index is 0.00000455. The molecule has 0 fully saturated rings. The van der Waals surface area contributed by atoms with E-state index in [9.17, 15) is 0 Å². The van der Waals surface area contributed by atoms with Gasteiger partial charge in [0.1, 0.15) is 28.8 Å². The molecule has 0 atom stereocenters. The zero-order valence-corrected chi connectivity index (χ0v) is 33.7. The number of ether oxygens (including phenoxy) is 3. The van der Waals surface area contributed by atoms with Crippen LogP contribution in [0.25, 0.3) is 44.4 Å². The van der Waals surface area contributed by atoms with Crippen LogP contribution in [0.5, 0.6) is 34.5 Å². The number of nitrogens with zero attached hydrogens (tertiary/aromatic N) is 4. The van der Waals surface area contributed by atoms with Gasteiger partial charge in [0.05, 0.1) is 11.3 Å². The van der Waals surface area contributed by atoms with E-state index in [1.165, 1.54) is 0 Å². The van der Waals surface area contributed by atoms with Crippen LogP contribution in [0.15, 0.2) is 140 Å². The van der Waals surface area contributed by atoms with Gasteiger partial charge in [-0.2, -0.15) is 17.2 Å². The molecule has 3 heterocycles.